The fourth-order valence-electron chi connectivity index (χ4n) is 9.87. The first-order valence-corrected chi connectivity index (χ1v) is 19.9. The molecule has 0 unspecified atom stereocenters. The van der Waals surface area contributed by atoms with Gasteiger partial charge in [0.05, 0.1) is 22.1 Å². The number of hydrogen-bond acceptors (Lipinski definition) is 2. The molecule has 9 aromatic carbocycles. The van der Waals surface area contributed by atoms with Crippen molar-refractivity contribution in [1.29, 1.82) is 0 Å². The summed E-state index contributed by atoms with van der Waals surface area (Å²) in [4.78, 5) is 2.37. The lowest BCUT2D eigenvalue weighted by Crippen LogP contribution is -2.28. The molecule has 1 aliphatic rings. The summed E-state index contributed by atoms with van der Waals surface area (Å²) in [5.41, 5.74) is 15.3. The molecule has 2 heterocycles. The molecule has 3 nitrogen and oxygen atoms in total. The zero-order chi connectivity index (χ0) is 38.2. The van der Waals surface area contributed by atoms with Crippen LogP contribution < -0.4 is 4.90 Å². The summed E-state index contributed by atoms with van der Waals surface area (Å²) in [5.74, 6) is 0. The number of nitrogens with zero attached hydrogens (tertiary/aromatic N) is 2. The molecule has 3 heteroatoms. The van der Waals surface area contributed by atoms with E-state index in [2.05, 4.69) is 228 Å². The first kappa shape index (κ1) is 32.6. The summed E-state index contributed by atoms with van der Waals surface area (Å²) in [6.07, 6.45) is 0. The van der Waals surface area contributed by atoms with E-state index in [0.717, 1.165) is 55.7 Å². The van der Waals surface area contributed by atoms with Crippen LogP contribution >= 0.6 is 0 Å². The van der Waals surface area contributed by atoms with E-state index >= 15 is 0 Å². The van der Waals surface area contributed by atoms with E-state index in [9.17, 15) is 0 Å². The van der Waals surface area contributed by atoms with Crippen molar-refractivity contribution in [3.05, 3.63) is 241 Å². The highest BCUT2D eigenvalue weighted by Crippen LogP contribution is 2.57. The summed E-state index contributed by atoms with van der Waals surface area (Å²) >= 11 is 0. The van der Waals surface area contributed by atoms with Crippen LogP contribution in [0.15, 0.2) is 223 Å². The molecule has 272 valence electrons. The standard InChI is InChI=1S/C55H36N2O/c1-4-17-37(18-5-1)55(38-19-6-2-7-20-38)48-27-13-10-23-42(48)43-33-31-40(35-49(43)55)56(39-21-8-3-9-22-39)41-32-34-46-47-26-16-30-52(54(47)58-53(46)36-41)57-50-28-14-11-24-44(50)45-25-12-15-29-51(45)57/h1-36H. The van der Waals surface area contributed by atoms with Crippen molar-refractivity contribution in [1.82, 2.24) is 4.57 Å². The number of furan rings is 1. The number of aromatic nitrogens is 1. The second kappa shape index (κ2) is 12.7. The van der Waals surface area contributed by atoms with E-state index in [0.29, 0.717) is 0 Å². The summed E-state index contributed by atoms with van der Waals surface area (Å²) in [7, 11) is 0. The summed E-state index contributed by atoms with van der Waals surface area (Å²) in [6.45, 7) is 0. The van der Waals surface area contributed by atoms with Crippen molar-refractivity contribution >= 4 is 60.8 Å². The Balaban J connectivity index is 1.07. The molecule has 11 aromatic rings. The van der Waals surface area contributed by atoms with Crippen LogP contribution in [0.25, 0.3) is 60.6 Å². The Morgan fingerprint density at radius 2 is 0.931 bits per heavy atom. The monoisotopic (exact) mass is 740 g/mol. The molecule has 12 rings (SSSR count). The molecule has 0 atom stereocenters. The highest BCUT2D eigenvalue weighted by molar-refractivity contribution is 6.13. The molecule has 0 bridgehead atoms. The SMILES string of the molecule is c1ccc(N(c2ccc3c(c2)C(c2ccccc2)(c2ccccc2)c2ccccc2-3)c2ccc3c(c2)oc2c(-n4c5ccccc5c5ccccc54)cccc23)cc1. The number of anilines is 3. The number of para-hydroxylation sites is 4. The van der Waals surface area contributed by atoms with Crippen LogP contribution in [0.5, 0.6) is 0 Å². The lowest BCUT2D eigenvalue weighted by molar-refractivity contribution is 0.666. The number of hydrogen-bond donors (Lipinski definition) is 0. The van der Waals surface area contributed by atoms with Crippen LogP contribution in [0.2, 0.25) is 0 Å². The van der Waals surface area contributed by atoms with Crippen molar-refractivity contribution in [3.63, 3.8) is 0 Å². The first-order chi connectivity index (χ1) is 28.8. The van der Waals surface area contributed by atoms with Crippen LogP contribution in [0.3, 0.4) is 0 Å². The summed E-state index contributed by atoms with van der Waals surface area (Å²) < 4.78 is 9.33. The number of rotatable bonds is 6. The van der Waals surface area contributed by atoms with E-state index in [1.165, 1.54) is 44.2 Å². The Bertz CT molecular complexity index is 3250. The van der Waals surface area contributed by atoms with Gasteiger partial charge < -0.3 is 13.9 Å². The van der Waals surface area contributed by atoms with Crippen molar-refractivity contribution in [3.8, 4) is 16.8 Å². The van der Waals surface area contributed by atoms with E-state index in [1.807, 2.05) is 0 Å². The second-order valence-electron chi connectivity index (χ2n) is 15.2. The summed E-state index contributed by atoms with van der Waals surface area (Å²) in [5, 5.41) is 4.64. The molecule has 0 spiro atoms. The maximum absolute atomic E-state index is 6.99. The van der Waals surface area contributed by atoms with Gasteiger partial charge in [-0.2, -0.15) is 0 Å². The normalized spacial score (nSPS) is 13.0. The molecule has 2 aromatic heterocycles. The molecule has 0 saturated carbocycles. The largest absolute Gasteiger partial charge is 0.454 e. The highest BCUT2D eigenvalue weighted by Gasteiger charge is 2.46. The third-order valence-electron chi connectivity index (χ3n) is 12.3. The van der Waals surface area contributed by atoms with Crippen LogP contribution in [-0.4, -0.2) is 4.57 Å². The minimum absolute atomic E-state index is 0.501. The van der Waals surface area contributed by atoms with E-state index in [4.69, 9.17) is 4.42 Å². The third kappa shape index (κ3) is 4.62. The van der Waals surface area contributed by atoms with Gasteiger partial charge in [-0.3, -0.25) is 0 Å². The van der Waals surface area contributed by atoms with Crippen LogP contribution in [0.1, 0.15) is 22.3 Å². The van der Waals surface area contributed by atoms with Crippen molar-refractivity contribution in [2.45, 2.75) is 5.41 Å². The van der Waals surface area contributed by atoms with Gasteiger partial charge in [-0.1, -0.05) is 158 Å². The summed E-state index contributed by atoms with van der Waals surface area (Å²) in [6, 6.07) is 79.1. The zero-order valence-corrected chi connectivity index (χ0v) is 31.6. The molecule has 0 aliphatic heterocycles. The number of benzene rings is 9. The molecule has 1 aliphatic carbocycles. The lowest BCUT2D eigenvalue weighted by atomic mass is 9.67. The average molecular weight is 741 g/mol. The third-order valence-corrected chi connectivity index (χ3v) is 12.3. The average Bonchev–Trinajstić information content (AvgIpc) is 3.94. The Labute approximate surface area is 336 Å². The van der Waals surface area contributed by atoms with Crippen molar-refractivity contribution < 1.29 is 4.42 Å². The molecular formula is C55H36N2O. The van der Waals surface area contributed by atoms with Gasteiger partial charge in [0.1, 0.15) is 5.58 Å². The minimum atomic E-state index is -0.501. The fourth-order valence-corrected chi connectivity index (χ4v) is 9.87. The lowest BCUT2D eigenvalue weighted by Gasteiger charge is -2.35. The van der Waals surface area contributed by atoms with E-state index in [-0.39, 0.29) is 0 Å². The Morgan fingerprint density at radius 3 is 1.64 bits per heavy atom. The Kier molecular flexibility index (Phi) is 7.14. The van der Waals surface area contributed by atoms with Crippen LogP contribution in [-0.2, 0) is 5.41 Å². The van der Waals surface area contributed by atoms with Gasteiger partial charge in [0, 0.05) is 44.7 Å². The number of fused-ring (bicyclic) bond motifs is 9. The smallest absolute Gasteiger partial charge is 0.159 e. The van der Waals surface area contributed by atoms with Gasteiger partial charge in [-0.05, 0) is 88.0 Å². The topological polar surface area (TPSA) is 21.3 Å². The zero-order valence-electron chi connectivity index (χ0n) is 31.6. The molecular weight excluding hydrogens is 705 g/mol. The molecule has 0 radical (unpaired) electrons. The van der Waals surface area contributed by atoms with Gasteiger partial charge in [0.2, 0.25) is 0 Å². The predicted octanol–water partition coefficient (Wildman–Crippen LogP) is 14.5. The first-order valence-electron chi connectivity index (χ1n) is 19.9. The predicted molar refractivity (Wildman–Crippen MR) is 240 cm³/mol. The highest BCUT2D eigenvalue weighted by atomic mass is 16.3. The van der Waals surface area contributed by atoms with Gasteiger partial charge >= 0.3 is 0 Å². The quantitative estimate of drug-likeness (QED) is 0.169. The van der Waals surface area contributed by atoms with Crippen LogP contribution in [0, 0.1) is 0 Å². The Hall–Kier alpha value is -7.62. The van der Waals surface area contributed by atoms with Crippen molar-refractivity contribution in [2.75, 3.05) is 4.90 Å². The minimum Gasteiger partial charge on any atom is -0.454 e. The molecule has 58 heavy (non-hydrogen) atoms. The fraction of sp³-hybridized carbons (Fsp3) is 0.0182. The van der Waals surface area contributed by atoms with Crippen molar-refractivity contribution in [2.24, 2.45) is 0 Å². The maximum Gasteiger partial charge on any atom is 0.159 e. The molecule has 0 amide bonds. The maximum atomic E-state index is 6.99. The van der Waals surface area contributed by atoms with E-state index in [1.54, 1.807) is 0 Å². The molecule has 0 fully saturated rings. The van der Waals surface area contributed by atoms with Gasteiger partial charge in [0.25, 0.3) is 0 Å². The van der Waals surface area contributed by atoms with Gasteiger partial charge in [-0.25, -0.2) is 0 Å². The van der Waals surface area contributed by atoms with Gasteiger partial charge in [0.15, 0.2) is 5.58 Å². The van der Waals surface area contributed by atoms with Gasteiger partial charge in [-0.15, -0.1) is 0 Å². The second-order valence-corrected chi connectivity index (χ2v) is 15.2. The molecule has 0 saturated heterocycles. The Morgan fingerprint density at radius 1 is 0.379 bits per heavy atom. The van der Waals surface area contributed by atoms with Crippen LogP contribution in [0.4, 0.5) is 17.1 Å². The van der Waals surface area contributed by atoms with E-state index < -0.39 is 5.41 Å². The molecule has 0 N–H and O–H groups in total.